The maximum absolute atomic E-state index is 13.1. The van der Waals surface area contributed by atoms with Crippen molar-refractivity contribution >= 4 is 50.2 Å². The monoisotopic (exact) mass is 598 g/mol. The van der Waals surface area contributed by atoms with E-state index in [2.05, 4.69) is 24.7 Å². The van der Waals surface area contributed by atoms with Crippen LogP contribution in [0, 0.1) is 0 Å². The normalized spacial score (nSPS) is 18.2. The molecular formula is C22H30N8O8S2. The number of rotatable bonds is 13. The smallest absolute Gasteiger partial charge is 0.418 e. The first kappa shape index (κ1) is 30.7. The minimum Gasteiger partial charge on any atom is -0.490 e. The molecule has 0 bridgehead atoms. The molecule has 2 atom stereocenters. The first-order valence-electron chi connectivity index (χ1n) is 11.7. The number of β-lactam (4-membered cyclic amide) rings is 1. The van der Waals surface area contributed by atoms with Crippen molar-refractivity contribution in [3.63, 3.8) is 0 Å². The van der Waals surface area contributed by atoms with Crippen molar-refractivity contribution in [1.82, 2.24) is 15.4 Å². The lowest BCUT2D eigenvalue weighted by atomic mass is 9.84. The van der Waals surface area contributed by atoms with Gasteiger partial charge >= 0.3 is 10.4 Å². The summed E-state index contributed by atoms with van der Waals surface area (Å²) in [5.41, 5.74) is 16.2. The number of nitrogens with one attached hydrogen (secondary N) is 1. The molecule has 2 amide bonds. The van der Waals surface area contributed by atoms with Gasteiger partial charge < -0.3 is 32.1 Å². The Kier molecular flexibility index (Phi) is 9.64. The Morgan fingerprint density at radius 1 is 1.32 bits per heavy atom. The highest BCUT2D eigenvalue weighted by Crippen LogP contribution is 2.33. The molecule has 0 spiro atoms. The average Bonchev–Trinajstić information content (AvgIpc) is 3.33. The standard InChI is InChI=1S/C22H30N8O8S2/c1-12(10-36-14-6-4-13(5-7-14)18(24)26-9-8-23)37-29-16(15-11-39-21(25)27-15)19(31)28-17-20(32)30(22(17,2)3)38-40(33,34)35/h4-7,11-12,17H,8-10,23H2,1-3H3,(H2,24,26)(H2,25,27)(H,28,31)(H,33,34,35)/b29-16-/t12?,17-/m1/s1. The van der Waals surface area contributed by atoms with Crippen LogP contribution in [-0.2, 0) is 29.1 Å². The number of nitrogen functional groups attached to an aromatic ring is 1. The van der Waals surface area contributed by atoms with Gasteiger partial charge in [0.15, 0.2) is 16.9 Å². The van der Waals surface area contributed by atoms with E-state index >= 15 is 0 Å². The summed E-state index contributed by atoms with van der Waals surface area (Å²) >= 11 is 1.06. The minimum absolute atomic E-state index is 0.0593. The van der Waals surface area contributed by atoms with E-state index < -0.39 is 39.9 Å². The molecule has 1 aromatic carbocycles. The van der Waals surface area contributed by atoms with Crippen molar-refractivity contribution in [3.05, 3.63) is 40.9 Å². The highest BCUT2D eigenvalue weighted by Gasteiger charge is 2.58. The molecule has 3 rings (SSSR count). The predicted octanol–water partition coefficient (Wildman–Crippen LogP) is -0.582. The van der Waals surface area contributed by atoms with Crippen molar-refractivity contribution in [2.75, 3.05) is 25.4 Å². The molecule has 1 aromatic heterocycles. The molecule has 1 aliphatic heterocycles. The number of amidine groups is 1. The van der Waals surface area contributed by atoms with Crippen molar-refractivity contribution in [2.24, 2.45) is 21.6 Å². The number of hydrogen-bond donors (Lipinski definition) is 5. The van der Waals surface area contributed by atoms with Crippen molar-refractivity contribution in [1.29, 1.82) is 0 Å². The Morgan fingerprint density at radius 2 is 2.00 bits per heavy atom. The van der Waals surface area contributed by atoms with Crippen LogP contribution in [-0.4, -0.2) is 83.8 Å². The number of anilines is 1. The Labute approximate surface area is 234 Å². The van der Waals surface area contributed by atoms with Crippen LogP contribution in [0.3, 0.4) is 0 Å². The maximum atomic E-state index is 13.1. The number of benzene rings is 1. The SMILES string of the molecule is CC(COc1ccc(C(N)=NCCN)cc1)O/N=C(\C(=O)N[C@@H]1C(=O)N(OS(=O)(=O)O)C1(C)C)c1csc(N)n1. The van der Waals surface area contributed by atoms with Gasteiger partial charge in [-0.05, 0) is 45.0 Å². The number of hydroxylamine groups is 2. The summed E-state index contributed by atoms with van der Waals surface area (Å²) in [6, 6.07) is 5.70. The number of nitrogens with zero attached hydrogens (tertiary/aromatic N) is 4. The number of oxime groups is 1. The zero-order valence-electron chi connectivity index (χ0n) is 21.8. The fraction of sp³-hybridized carbons (Fsp3) is 0.409. The molecule has 1 saturated heterocycles. The summed E-state index contributed by atoms with van der Waals surface area (Å²) in [5, 5.41) is 8.46. The lowest BCUT2D eigenvalue weighted by Gasteiger charge is -2.50. The van der Waals surface area contributed by atoms with Gasteiger partial charge in [0.25, 0.3) is 11.8 Å². The van der Waals surface area contributed by atoms with E-state index in [-0.39, 0.29) is 23.1 Å². The molecule has 8 N–H and O–H groups in total. The van der Waals surface area contributed by atoms with E-state index in [1.54, 1.807) is 31.2 Å². The maximum Gasteiger partial charge on any atom is 0.418 e. The van der Waals surface area contributed by atoms with Gasteiger partial charge in [0.1, 0.15) is 29.9 Å². The molecule has 1 unspecified atom stereocenters. The number of thiazole rings is 1. The Bertz CT molecular complexity index is 1390. The molecule has 2 heterocycles. The van der Waals surface area contributed by atoms with Gasteiger partial charge in [0.05, 0.1) is 12.1 Å². The molecule has 0 aliphatic carbocycles. The number of nitrogens with two attached hydrogens (primary N) is 3. The number of aromatic nitrogens is 1. The largest absolute Gasteiger partial charge is 0.490 e. The summed E-state index contributed by atoms with van der Waals surface area (Å²) in [5.74, 6) is -0.861. The third-order valence-corrected chi connectivity index (χ3v) is 6.48. The lowest BCUT2D eigenvalue weighted by molar-refractivity contribution is -0.218. The number of amides is 2. The molecule has 218 valence electrons. The van der Waals surface area contributed by atoms with Crippen LogP contribution in [0.1, 0.15) is 32.0 Å². The van der Waals surface area contributed by atoms with E-state index in [0.717, 1.165) is 11.3 Å². The molecule has 0 radical (unpaired) electrons. The topological polar surface area (TPSA) is 247 Å². The second kappa shape index (κ2) is 12.6. The first-order valence-corrected chi connectivity index (χ1v) is 14.0. The van der Waals surface area contributed by atoms with Gasteiger partial charge in [0.2, 0.25) is 0 Å². The molecule has 2 aromatic rings. The van der Waals surface area contributed by atoms with E-state index in [0.29, 0.717) is 35.3 Å². The number of carbonyl (C=O) groups is 2. The second-order valence-electron chi connectivity index (χ2n) is 9.01. The van der Waals surface area contributed by atoms with Crippen molar-refractivity contribution < 1.29 is 36.4 Å². The van der Waals surface area contributed by atoms with Gasteiger partial charge in [-0.25, -0.2) is 4.98 Å². The zero-order valence-corrected chi connectivity index (χ0v) is 23.4. The molecule has 1 fully saturated rings. The van der Waals surface area contributed by atoms with Crippen LogP contribution in [0.25, 0.3) is 0 Å². The van der Waals surface area contributed by atoms with Crippen LogP contribution in [0.5, 0.6) is 5.75 Å². The van der Waals surface area contributed by atoms with E-state index in [4.69, 9.17) is 31.3 Å². The highest BCUT2D eigenvalue weighted by atomic mass is 32.3. The molecule has 40 heavy (non-hydrogen) atoms. The van der Waals surface area contributed by atoms with Crippen LogP contribution in [0.15, 0.2) is 39.8 Å². The molecular weight excluding hydrogens is 568 g/mol. The third-order valence-electron chi connectivity index (χ3n) is 5.47. The highest BCUT2D eigenvalue weighted by molar-refractivity contribution is 7.80. The third kappa shape index (κ3) is 7.63. The van der Waals surface area contributed by atoms with Gasteiger partial charge in [-0.15, -0.1) is 15.6 Å². The molecule has 18 heteroatoms. The van der Waals surface area contributed by atoms with Gasteiger partial charge in [-0.2, -0.15) is 13.5 Å². The van der Waals surface area contributed by atoms with E-state index in [9.17, 15) is 18.0 Å². The van der Waals surface area contributed by atoms with Crippen LogP contribution < -0.4 is 27.3 Å². The Hall–Kier alpha value is -3.84. The summed E-state index contributed by atoms with van der Waals surface area (Å²) < 4.78 is 41.0. The first-order chi connectivity index (χ1) is 18.7. The zero-order chi connectivity index (χ0) is 29.7. The number of aliphatic imine (C=N–C) groups is 1. The second-order valence-corrected chi connectivity index (χ2v) is 10.9. The summed E-state index contributed by atoms with van der Waals surface area (Å²) in [4.78, 5) is 39.2. The summed E-state index contributed by atoms with van der Waals surface area (Å²) in [6.07, 6.45) is -0.630. The predicted molar refractivity (Wildman–Crippen MR) is 146 cm³/mol. The summed E-state index contributed by atoms with van der Waals surface area (Å²) in [6.45, 7) is 5.37. The lowest BCUT2D eigenvalue weighted by Crippen LogP contribution is -2.76. The molecule has 1 aliphatic rings. The fourth-order valence-corrected chi connectivity index (χ4v) is 4.41. The number of carbonyl (C=O) groups excluding carboxylic acids is 2. The number of hydrogen-bond acceptors (Lipinski definition) is 13. The van der Waals surface area contributed by atoms with Crippen LogP contribution >= 0.6 is 11.3 Å². The summed E-state index contributed by atoms with van der Waals surface area (Å²) in [7, 11) is -4.95. The van der Waals surface area contributed by atoms with Gasteiger partial charge in [-0.3, -0.25) is 19.1 Å². The van der Waals surface area contributed by atoms with E-state index in [1.165, 1.54) is 19.2 Å². The number of ether oxygens (including phenoxy) is 1. The van der Waals surface area contributed by atoms with E-state index in [1.807, 2.05) is 0 Å². The quantitative estimate of drug-likeness (QED) is 0.0638. The van der Waals surface area contributed by atoms with Crippen LogP contribution in [0.4, 0.5) is 5.13 Å². The molecule has 0 saturated carbocycles. The van der Waals surface area contributed by atoms with Gasteiger partial charge in [0, 0.05) is 17.5 Å². The molecule has 16 nitrogen and oxygen atoms in total. The fourth-order valence-electron chi connectivity index (χ4n) is 3.41. The minimum atomic E-state index is -4.95. The van der Waals surface area contributed by atoms with Crippen molar-refractivity contribution in [2.45, 2.75) is 38.5 Å². The Balaban J connectivity index is 1.65. The van der Waals surface area contributed by atoms with Gasteiger partial charge in [-0.1, -0.05) is 5.16 Å². The van der Waals surface area contributed by atoms with Crippen LogP contribution in [0.2, 0.25) is 0 Å². The van der Waals surface area contributed by atoms with Crippen molar-refractivity contribution in [3.8, 4) is 5.75 Å². The average molecular weight is 599 g/mol. The Morgan fingerprint density at radius 3 is 2.55 bits per heavy atom.